The van der Waals surface area contributed by atoms with Crippen molar-refractivity contribution in [3.8, 4) is 122 Å². The van der Waals surface area contributed by atoms with Crippen LogP contribution < -0.4 is 14.7 Å². The van der Waals surface area contributed by atoms with Crippen molar-refractivity contribution in [3.05, 3.63) is 539 Å². The lowest BCUT2D eigenvalue weighted by molar-refractivity contribution is 0.660. The van der Waals surface area contributed by atoms with Crippen LogP contribution in [0.4, 0.5) is 51.2 Å². The van der Waals surface area contributed by atoms with Gasteiger partial charge in [0.2, 0.25) is 0 Å². The van der Waals surface area contributed by atoms with Gasteiger partial charge in [0.1, 0.15) is 0 Å². The first kappa shape index (κ1) is 79.6. The maximum Gasteiger partial charge on any atom is 0.0540 e. The number of nitrogens with zero attached hydrogens (tertiary/aromatic N) is 3. The van der Waals surface area contributed by atoms with E-state index in [4.69, 9.17) is 0 Å². The van der Waals surface area contributed by atoms with Crippen molar-refractivity contribution in [1.29, 1.82) is 0 Å². The lowest BCUT2D eigenvalue weighted by atomic mass is 9.81. The zero-order chi connectivity index (χ0) is 84.8. The fourth-order valence-corrected chi connectivity index (χ4v) is 17.5. The van der Waals surface area contributed by atoms with Crippen molar-refractivity contribution in [2.45, 2.75) is 19.3 Å². The Morgan fingerprint density at radius 1 is 0.127 bits per heavy atom. The topological polar surface area (TPSA) is 9.72 Å². The van der Waals surface area contributed by atoms with E-state index in [1.54, 1.807) is 0 Å². The molecule has 3 nitrogen and oxygen atoms in total. The van der Waals surface area contributed by atoms with E-state index in [1.807, 2.05) is 0 Å². The Morgan fingerprint density at radius 3 is 0.579 bits per heavy atom. The Labute approximate surface area is 741 Å². The van der Waals surface area contributed by atoms with Crippen LogP contribution in [0, 0.1) is 0 Å². The fourth-order valence-electron chi connectivity index (χ4n) is 17.5. The van der Waals surface area contributed by atoms with Gasteiger partial charge in [0.05, 0.1) is 11.4 Å². The molecule has 0 spiro atoms. The Kier molecular flexibility index (Phi) is 23.4. The van der Waals surface area contributed by atoms with Gasteiger partial charge in [-0.15, -0.1) is 0 Å². The van der Waals surface area contributed by atoms with Crippen LogP contribution in [0.3, 0.4) is 0 Å². The van der Waals surface area contributed by atoms with Crippen molar-refractivity contribution < 1.29 is 0 Å². The molecule has 126 heavy (non-hydrogen) atoms. The summed E-state index contributed by atoms with van der Waals surface area (Å²) in [5.74, 6) is 0. The highest BCUT2D eigenvalue weighted by Gasteiger charge is 2.35. The van der Waals surface area contributed by atoms with Crippen molar-refractivity contribution in [2.75, 3.05) is 14.7 Å². The summed E-state index contributed by atoms with van der Waals surface area (Å²) in [5, 5.41) is 0. The Hall–Kier alpha value is -16.2. The summed E-state index contributed by atoms with van der Waals surface area (Å²) in [4.78, 5) is 7.06. The first-order chi connectivity index (χ1) is 62.3. The molecule has 0 amide bonds. The van der Waals surface area contributed by atoms with Gasteiger partial charge in [0, 0.05) is 56.4 Å². The molecule has 0 aromatic heterocycles. The third kappa shape index (κ3) is 17.4. The Bertz CT molecular complexity index is 6680. The van der Waals surface area contributed by atoms with Crippen molar-refractivity contribution in [2.24, 2.45) is 0 Å². The lowest BCUT2D eigenvalue weighted by Gasteiger charge is -2.28. The number of benzene rings is 20. The number of hydrogen-bond acceptors (Lipinski definition) is 3. The number of hydrogen-bond donors (Lipinski definition) is 0. The van der Waals surface area contributed by atoms with E-state index in [2.05, 4.69) is 556 Å². The zero-order valence-electron chi connectivity index (χ0n) is 70.6. The largest absolute Gasteiger partial charge is 0.311 e. The molecule has 0 aliphatic heterocycles. The van der Waals surface area contributed by atoms with Crippen LogP contribution in [-0.4, -0.2) is 0 Å². The summed E-state index contributed by atoms with van der Waals surface area (Å²) in [6, 6.07) is 189. The second-order valence-corrected chi connectivity index (χ2v) is 32.3. The number of rotatable bonds is 19. The van der Waals surface area contributed by atoms with E-state index >= 15 is 0 Å². The maximum atomic E-state index is 2.40. The minimum Gasteiger partial charge on any atom is -0.311 e. The monoisotopic (exact) mass is 1610 g/mol. The molecule has 1 aliphatic rings. The van der Waals surface area contributed by atoms with Gasteiger partial charge in [0.15, 0.2) is 0 Å². The maximum absolute atomic E-state index is 2.40. The van der Waals surface area contributed by atoms with E-state index < -0.39 is 0 Å². The van der Waals surface area contributed by atoms with Crippen LogP contribution in [0.5, 0.6) is 0 Å². The summed E-state index contributed by atoms with van der Waals surface area (Å²) >= 11 is 0. The molecular weight excluding hydrogens is 1520 g/mol. The summed E-state index contributed by atoms with van der Waals surface area (Å²) < 4.78 is 0. The molecule has 1 aliphatic carbocycles. The molecule has 0 radical (unpaired) electrons. The normalized spacial score (nSPS) is 11.5. The van der Waals surface area contributed by atoms with Crippen LogP contribution in [0.25, 0.3) is 122 Å². The Balaban J connectivity index is 0.000000124. The molecule has 0 saturated heterocycles. The predicted molar refractivity (Wildman–Crippen MR) is 535 cm³/mol. The quantitative estimate of drug-likeness (QED) is 0.0799. The van der Waals surface area contributed by atoms with Crippen molar-refractivity contribution >= 4 is 51.2 Å². The van der Waals surface area contributed by atoms with Gasteiger partial charge in [-0.1, -0.05) is 438 Å². The van der Waals surface area contributed by atoms with Gasteiger partial charge in [-0.2, -0.15) is 0 Å². The summed E-state index contributed by atoms with van der Waals surface area (Å²) in [7, 11) is 0. The third-order valence-corrected chi connectivity index (χ3v) is 24.1. The van der Waals surface area contributed by atoms with Crippen LogP contribution in [0.15, 0.2) is 528 Å². The van der Waals surface area contributed by atoms with Gasteiger partial charge in [-0.25, -0.2) is 0 Å². The highest BCUT2D eigenvalue weighted by atomic mass is 15.2. The van der Waals surface area contributed by atoms with Gasteiger partial charge < -0.3 is 14.7 Å². The van der Waals surface area contributed by atoms with Gasteiger partial charge in [-0.05, 0) is 226 Å². The van der Waals surface area contributed by atoms with Gasteiger partial charge in [-0.3, -0.25) is 0 Å². The van der Waals surface area contributed by atoms with Crippen LogP contribution in [-0.2, 0) is 5.41 Å². The summed E-state index contributed by atoms with van der Waals surface area (Å²) in [6.45, 7) is 4.69. The third-order valence-electron chi connectivity index (χ3n) is 24.1. The van der Waals surface area contributed by atoms with Gasteiger partial charge in [0.25, 0.3) is 0 Å². The van der Waals surface area contributed by atoms with E-state index in [9.17, 15) is 0 Å². The van der Waals surface area contributed by atoms with Gasteiger partial charge >= 0.3 is 0 Å². The van der Waals surface area contributed by atoms with E-state index in [0.717, 1.165) is 51.2 Å². The first-order valence-electron chi connectivity index (χ1n) is 43.3. The second-order valence-electron chi connectivity index (χ2n) is 32.3. The number of para-hydroxylation sites is 2. The standard InChI is InChI=1S/C45H35N.C42H31N.C36H27N/c1-45(2)42-19-11-9-18-40(42)41-30-25-36(31-43(41)45)34-23-28-38(29-24-34)46(37-26-21-33(22-27-37)32-13-5-3-6-14-32)44-20-12-10-17-39(44)35-15-7-4-8-16-35;1-4-12-32(13-5-1)35-20-22-38(23-21-35)41-18-10-11-19-42(41)43(39-28-24-36(25-29-39)33-14-6-2-7-15-33)40-30-26-37(27-31-40)34-16-8-3-9-17-34;1-4-10-28(11-5-1)31-16-22-34(23-17-31)37(35-24-18-32(19-25-35)29-12-6-2-7-13-29)36-26-20-33(21-27-36)30-14-8-3-9-15-30/h3-31H,1-2H3;1-31H;1-27H. The van der Waals surface area contributed by atoms with Crippen molar-refractivity contribution in [1.82, 2.24) is 0 Å². The fraction of sp³-hybridized carbons (Fsp3) is 0.0244. The molecule has 20 aromatic carbocycles. The first-order valence-corrected chi connectivity index (χ1v) is 43.3. The van der Waals surface area contributed by atoms with E-state index in [1.165, 1.54) is 134 Å². The molecule has 0 heterocycles. The molecule has 0 atom stereocenters. The minimum absolute atomic E-state index is 0.0221. The molecule has 600 valence electrons. The summed E-state index contributed by atoms with van der Waals surface area (Å²) in [6.07, 6.45) is 0. The highest BCUT2D eigenvalue weighted by molar-refractivity contribution is 5.93. The average Bonchev–Trinajstić information content (AvgIpc) is 1.57. The molecular formula is C123H93N3. The molecule has 0 bridgehead atoms. The molecule has 0 unspecified atom stereocenters. The number of fused-ring (bicyclic) bond motifs is 3. The smallest absolute Gasteiger partial charge is 0.0540 e. The molecule has 0 N–H and O–H groups in total. The molecule has 0 fully saturated rings. The molecule has 20 aromatic rings. The molecule has 0 saturated carbocycles. The van der Waals surface area contributed by atoms with Crippen LogP contribution in [0.1, 0.15) is 25.0 Å². The highest BCUT2D eigenvalue weighted by Crippen LogP contribution is 2.51. The van der Waals surface area contributed by atoms with Crippen LogP contribution in [0.2, 0.25) is 0 Å². The minimum atomic E-state index is -0.0221. The van der Waals surface area contributed by atoms with E-state index in [0.29, 0.717) is 0 Å². The Morgan fingerprint density at radius 2 is 0.302 bits per heavy atom. The molecule has 21 rings (SSSR count). The number of anilines is 9. The zero-order valence-corrected chi connectivity index (χ0v) is 70.6. The van der Waals surface area contributed by atoms with Crippen LogP contribution >= 0.6 is 0 Å². The summed E-state index contributed by atoms with van der Waals surface area (Å²) in [5.41, 5.74) is 39.8. The van der Waals surface area contributed by atoms with E-state index in [-0.39, 0.29) is 5.41 Å². The SMILES string of the molecule is CC1(C)c2ccccc2-c2ccc(-c3ccc(N(c4ccc(-c5ccccc5)cc4)c4ccccc4-c4ccccc4)cc3)cc21.c1ccc(-c2ccc(-c3ccccc3N(c3ccc(-c4ccccc4)cc3)c3ccc(-c4ccccc4)cc3)cc2)cc1.c1ccc(-c2ccc(N(c3ccc(-c4ccccc4)cc3)c3ccc(-c4ccccc4)cc3)cc2)cc1. The van der Waals surface area contributed by atoms with Crippen molar-refractivity contribution in [3.63, 3.8) is 0 Å². The second kappa shape index (κ2) is 37.0. The lowest BCUT2D eigenvalue weighted by Crippen LogP contribution is -2.14. The average molecular weight is 1610 g/mol. The molecule has 3 heteroatoms. The predicted octanol–water partition coefficient (Wildman–Crippen LogP) is 34.4.